The second-order valence-corrected chi connectivity index (χ2v) is 4.33. The maximum absolute atomic E-state index is 11.9. The summed E-state index contributed by atoms with van der Waals surface area (Å²) in [6.45, 7) is 3.51. The van der Waals surface area contributed by atoms with Gasteiger partial charge in [0.25, 0.3) is 0 Å². The number of likely N-dealkylation sites (tertiary alicyclic amines) is 2. The maximum Gasteiger partial charge on any atom is 0.320 e. The predicted octanol–water partition coefficient (Wildman–Crippen LogP) is 0.625. The molecular weight excluding hydrogens is 178 g/mol. The van der Waals surface area contributed by atoms with E-state index < -0.39 is 0 Å². The first kappa shape index (κ1) is 9.77. The van der Waals surface area contributed by atoms with Crippen molar-refractivity contribution in [2.45, 2.75) is 31.7 Å². The van der Waals surface area contributed by atoms with E-state index in [2.05, 4.69) is 0 Å². The van der Waals surface area contributed by atoms with Crippen LogP contribution in [0, 0.1) is 0 Å². The molecule has 2 N–H and O–H groups in total. The lowest BCUT2D eigenvalue weighted by Gasteiger charge is -2.33. The van der Waals surface area contributed by atoms with Crippen LogP contribution in [0.15, 0.2) is 0 Å². The zero-order valence-electron chi connectivity index (χ0n) is 8.61. The van der Waals surface area contributed by atoms with Crippen molar-refractivity contribution >= 4 is 6.03 Å². The minimum atomic E-state index is 0.190. The molecule has 14 heavy (non-hydrogen) atoms. The first-order valence-corrected chi connectivity index (χ1v) is 5.57. The molecule has 2 heterocycles. The van der Waals surface area contributed by atoms with Gasteiger partial charge in [-0.15, -0.1) is 0 Å². The van der Waals surface area contributed by atoms with Gasteiger partial charge in [0.1, 0.15) is 0 Å². The molecule has 2 aliphatic heterocycles. The standard InChI is InChI=1S/C10H19N3O/c11-9-4-3-7-13(8-9)10(14)12-5-1-2-6-12/h9H,1-8,11H2/t9-/m1/s1. The molecule has 1 atom stereocenters. The second-order valence-electron chi connectivity index (χ2n) is 4.33. The summed E-state index contributed by atoms with van der Waals surface area (Å²) < 4.78 is 0. The van der Waals surface area contributed by atoms with Gasteiger partial charge in [0.05, 0.1) is 0 Å². The summed E-state index contributed by atoms with van der Waals surface area (Å²) in [5.41, 5.74) is 5.85. The molecule has 4 heteroatoms. The zero-order valence-corrected chi connectivity index (χ0v) is 8.61. The van der Waals surface area contributed by atoms with Crippen LogP contribution in [0.4, 0.5) is 4.79 Å². The van der Waals surface area contributed by atoms with Crippen molar-refractivity contribution < 1.29 is 4.79 Å². The lowest BCUT2D eigenvalue weighted by molar-refractivity contribution is 0.147. The van der Waals surface area contributed by atoms with E-state index in [0.717, 1.165) is 51.9 Å². The molecule has 2 aliphatic rings. The van der Waals surface area contributed by atoms with Crippen molar-refractivity contribution in [3.8, 4) is 0 Å². The highest BCUT2D eigenvalue weighted by Crippen LogP contribution is 2.14. The summed E-state index contributed by atoms with van der Waals surface area (Å²) >= 11 is 0. The quantitative estimate of drug-likeness (QED) is 0.619. The molecule has 2 fully saturated rings. The third-order valence-corrected chi connectivity index (χ3v) is 3.10. The Morgan fingerprint density at radius 2 is 1.71 bits per heavy atom. The number of nitrogens with two attached hydrogens (primary N) is 1. The van der Waals surface area contributed by atoms with Gasteiger partial charge in [0, 0.05) is 32.2 Å². The number of carbonyl (C=O) groups is 1. The highest BCUT2D eigenvalue weighted by molar-refractivity contribution is 5.74. The molecule has 0 unspecified atom stereocenters. The van der Waals surface area contributed by atoms with Crippen LogP contribution < -0.4 is 5.73 Å². The fourth-order valence-electron chi connectivity index (χ4n) is 2.29. The Kier molecular flexibility index (Phi) is 2.91. The van der Waals surface area contributed by atoms with Crippen LogP contribution in [-0.4, -0.2) is 48.1 Å². The third-order valence-electron chi connectivity index (χ3n) is 3.10. The van der Waals surface area contributed by atoms with Crippen molar-refractivity contribution in [1.82, 2.24) is 9.80 Å². The molecule has 2 saturated heterocycles. The number of piperidine rings is 1. The first-order chi connectivity index (χ1) is 6.77. The van der Waals surface area contributed by atoms with Gasteiger partial charge < -0.3 is 15.5 Å². The topological polar surface area (TPSA) is 49.6 Å². The van der Waals surface area contributed by atoms with Gasteiger partial charge in [-0.25, -0.2) is 4.79 Å². The van der Waals surface area contributed by atoms with Gasteiger partial charge in [0.2, 0.25) is 0 Å². The van der Waals surface area contributed by atoms with E-state index in [4.69, 9.17) is 5.73 Å². The molecule has 4 nitrogen and oxygen atoms in total. The lowest BCUT2D eigenvalue weighted by Crippen LogP contribution is -2.50. The van der Waals surface area contributed by atoms with E-state index in [1.165, 1.54) is 0 Å². The lowest BCUT2D eigenvalue weighted by atomic mass is 10.1. The van der Waals surface area contributed by atoms with Crippen molar-refractivity contribution in [3.05, 3.63) is 0 Å². The molecule has 80 valence electrons. The molecule has 0 aromatic heterocycles. The Labute approximate surface area is 85.0 Å². The Morgan fingerprint density at radius 3 is 2.36 bits per heavy atom. The van der Waals surface area contributed by atoms with Gasteiger partial charge in [-0.3, -0.25) is 0 Å². The molecule has 2 amide bonds. The number of amides is 2. The summed E-state index contributed by atoms with van der Waals surface area (Å²) in [6, 6.07) is 0.396. The van der Waals surface area contributed by atoms with E-state index >= 15 is 0 Å². The van der Waals surface area contributed by atoms with E-state index in [1.807, 2.05) is 9.80 Å². The third kappa shape index (κ3) is 2.00. The van der Waals surface area contributed by atoms with Crippen LogP contribution >= 0.6 is 0 Å². The molecule has 0 aromatic rings. The van der Waals surface area contributed by atoms with Gasteiger partial charge in [-0.05, 0) is 25.7 Å². The highest BCUT2D eigenvalue weighted by Gasteiger charge is 2.26. The monoisotopic (exact) mass is 197 g/mol. The number of hydrogen-bond acceptors (Lipinski definition) is 2. The summed E-state index contributed by atoms with van der Waals surface area (Å²) in [5, 5.41) is 0. The number of rotatable bonds is 0. The largest absolute Gasteiger partial charge is 0.326 e. The Morgan fingerprint density at radius 1 is 1.07 bits per heavy atom. The number of nitrogens with zero attached hydrogens (tertiary/aromatic N) is 2. The number of hydrogen-bond donors (Lipinski definition) is 1. The van der Waals surface area contributed by atoms with Gasteiger partial charge in [0.15, 0.2) is 0 Å². The minimum absolute atomic E-state index is 0.190. The molecule has 0 aromatic carbocycles. The van der Waals surface area contributed by atoms with E-state index in [1.54, 1.807) is 0 Å². The van der Waals surface area contributed by atoms with Crippen molar-refractivity contribution in [2.75, 3.05) is 26.2 Å². The second kappa shape index (κ2) is 4.17. The Hall–Kier alpha value is -0.770. The Balaban J connectivity index is 1.89. The van der Waals surface area contributed by atoms with Crippen LogP contribution in [0.5, 0.6) is 0 Å². The fourth-order valence-corrected chi connectivity index (χ4v) is 2.29. The summed E-state index contributed by atoms with van der Waals surface area (Å²) in [6.07, 6.45) is 4.43. The average Bonchev–Trinajstić information content (AvgIpc) is 2.69. The van der Waals surface area contributed by atoms with Crippen molar-refractivity contribution in [1.29, 1.82) is 0 Å². The summed E-state index contributed by atoms with van der Waals surface area (Å²) in [5.74, 6) is 0. The smallest absolute Gasteiger partial charge is 0.320 e. The highest BCUT2D eigenvalue weighted by atomic mass is 16.2. The fraction of sp³-hybridized carbons (Fsp3) is 0.900. The van der Waals surface area contributed by atoms with E-state index in [0.29, 0.717) is 0 Å². The average molecular weight is 197 g/mol. The molecule has 0 aliphatic carbocycles. The Bertz CT molecular complexity index is 213. The van der Waals surface area contributed by atoms with Crippen LogP contribution in [-0.2, 0) is 0 Å². The molecular formula is C10H19N3O. The maximum atomic E-state index is 11.9. The van der Waals surface area contributed by atoms with Crippen LogP contribution in [0.2, 0.25) is 0 Å². The van der Waals surface area contributed by atoms with Crippen LogP contribution in [0.1, 0.15) is 25.7 Å². The first-order valence-electron chi connectivity index (χ1n) is 5.57. The van der Waals surface area contributed by atoms with Crippen molar-refractivity contribution in [2.24, 2.45) is 5.73 Å². The predicted molar refractivity (Wildman–Crippen MR) is 55.0 cm³/mol. The van der Waals surface area contributed by atoms with E-state index in [-0.39, 0.29) is 12.1 Å². The normalized spacial score (nSPS) is 28.2. The minimum Gasteiger partial charge on any atom is -0.326 e. The van der Waals surface area contributed by atoms with Gasteiger partial charge in [-0.2, -0.15) is 0 Å². The molecule has 0 spiro atoms. The summed E-state index contributed by atoms with van der Waals surface area (Å²) in [4.78, 5) is 15.8. The zero-order chi connectivity index (χ0) is 9.97. The van der Waals surface area contributed by atoms with Crippen molar-refractivity contribution in [3.63, 3.8) is 0 Å². The van der Waals surface area contributed by atoms with Crippen LogP contribution in [0.25, 0.3) is 0 Å². The molecule has 0 saturated carbocycles. The van der Waals surface area contributed by atoms with E-state index in [9.17, 15) is 4.79 Å². The summed E-state index contributed by atoms with van der Waals surface area (Å²) in [7, 11) is 0. The number of urea groups is 1. The molecule has 0 bridgehead atoms. The SMILES string of the molecule is N[C@@H]1CCCN(C(=O)N2CCCC2)C1. The van der Waals surface area contributed by atoms with Gasteiger partial charge in [-0.1, -0.05) is 0 Å². The van der Waals surface area contributed by atoms with Gasteiger partial charge >= 0.3 is 6.03 Å². The molecule has 2 rings (SSSR count). The number of carbonyl (C=O) groups excluding carboxylic acids is 1. The van der Waals surface area contributed by atoms with Crippen LogP contribution in [0.3, 0.4) is 0 Å². The molecule has 0 radical (unpaired) electrons.